The van der Waals surface area contributed by atoms with E-state index in [9.17, 15) is 8.78 Å². The lowest BCUT2D eigenvalue weighted by Crippen LogP contribution is -2.54. The van der Waals surface area contributed by atoms with E-state index in [-0.39, 0.29) is 19.8 Å². The van der Waals surface area contributed by atoms with Crippen molar-refractivity contribution in [3.05, 3.63) is 120 Å². The molecule has 4 rings (SSSR count). The van der Waals surface area contributed by atoms with Crippen molar-refractivity contribution in [1.29, 1.82) is 0 Å². The van der Waals surface area contributed by atoms with Crippen LogP contribution in [0.4, 0.5) is 8.78 Å². The lowest BCUT2D eigenvalue weighted by molar-refractivity contribution is -0.205. The first kappa shape index (κ1) is 25.6. The molecule has 3 aromatic rings. The zero-order chi connectivity index (χ0) is 25.2. The van der Waals surface area contributed by atoms with E-state index in [1.54, 1.807) is 6.92 Å². The molecule has 36 heavy (non-hydrogen) atoms. The molecule has 1 aliphatic heterocycles. The third-order valence-corrected chi connectivity index (χ3v) is 5.75. The van der Waals surface area contributed by atoms with Gasteiger partial charge >= 0.3 is 6.08 Å². The maximum atomic E-state index is 14.2. The molecule has 3 aromatic carbocycles. The minimum absolute atomic E-state index is 0.104. The topological polar surface area (TPSA) is 36.9 Å². The fraction of sp³-hybridized carbons (Fsp3) is 0.267. The summed E-state index contributed by atoms with van der Waals surface area (Å²) in [4.78, 5) is 0. The van der Waals surface area contributed by atoms with Gasteiger partial charge < -0.3 is 18.9 Å². The summed E-state index contributed by atoms with van der Waals surface area (Å²) in [6.45, 7) is 2.16. The van der Waals surface area contributed by atoms with Crippen LogP contribution < -0.4 is 0 Å². The van der Waals surface area contributed by atoms with Crippen molar-refractivity contribution in [2.45, 2.75) is 51.2 Å². The third-order valence-electron chi connectivity index (χ3n) is 5.75. The Bertz CT molecular complexity index is 1170. The van der Waals surface area contributed by atoms with Crippen molar-refractivity contribution in [2.75, 3.05) is 0 Å². The van der Waals surface area contributed by atoms with E-state index in [2.05, 4.69) is 11.8 Å². The Morgan fingerprint density at radius 1 is 0.694 bits per heavy atom. The molecule has 0 aliphatic carbocycles. The summed E-state index contributed by atoms with van der Waals surface area (Å²) in [5, 5.41) is 0. The fourth-order valence-electron chi connectivity index (χ4n) is 4.00. The Morgan fingerprint density at radius 3 is 1.58 bits per heavy atom. The molecule has 1 fully saturated rings. The SMILES string of the molecule is CC#C[C@H]1OC(=C(F)F)[C@H](OCc2ccccc2)[C@@H](OCc2ccccc2)[C@@H]1OCc1ccccc1. The van der Waals surface area contributed by atoms with Crippen LogP contribution >= 0.6 is 0 Å². The minimum atomic E-state index is -1.97. The molecule has 4 nitrogen and oxygen atoms in total. The Labute approximate surface area is 210 Å². The summed E-state index contributed by atoms with van der Waals surface area (Å²) >= 11 is 0. The van der Waals surface area contributed by atoms with E-state index in [1.165, 1.54) is 0 Å². The van der Waals surface area contributed by atoms with Crippen LogP contribution in [0.5, 0.6) is 0 Å². The monoisotopic (exact) mass is 490 g/mol. The molecule has 0 amide bonds. The van der Waals surface area contributed by atoms with Crippen molar-refractivity contribution in [3.8, 4) is 11.8 Å². The summed E-state index contributed by atoms with van der Waals surface area (Å²) in [6, 6.07) is 28.5. The molecule has 0 saturated carbocycles. The molecule has 6 heteroatoms. The smallest absolute Gasteiger partial charge is 0.310 e. The molecule has 4 atom stereocenters. The molecule has 0 unspecified atom stereocenters. The molecule has 0 bridgehead atoms. The van der Waals surface area contributed by atoms with E-state index in [1.807, 2.05) is 91.0 Å². The molecule has 0 aromatic heterocycles. The molecule has 0 spiro atoms. The van der Waals surface area contributed by atoms with Gasteiger partial charge in [-0.15, -0.1) is 5.92 Å². The van der Waals surface area contributed by atoms with Crippen LogP contribution in [0, 0.1) is 11.8 Å². The van der Waals surface area contributed by atoms with Crippen molar-refractivity contribution >= 4 is 0 Å². The van der Waals surface area contributed by atoms with Gasteiger partial charge in [0.1, 0.15) is 18.3 Å². The summed E-state index contributed by atoms with van der Waals surface area (Å²) in [6.07, 6.45) is -5.77. The molecular formula is C30H28F2O4. The molecule has 186 valence electrons. The number of hydrogen-bond acceptors (Lipinski definition) is 4. The summed E-state index contributed by atoms with van der Waals surface area (Å²) < 4.78 is 52.6. The van der Waals surface area contributed by atoms with Gasteiger partial charge in [-0.25, -0.2) is 0 Å². The second kappa shape index (κ2) is 13.0. The second-order valence-corrected chi connectivity index (χ2v) is 8.30. The van der Waals surface area contributed by atoms with Gasteiger partial charge in [0.15, 0.2) is 11.9 Å². The number of halogens is 2. The van der Waals surface area contributed by atoms with Gasteiger partial charge in [0.25, 0.3) is 0 Å². The average molecular weight is 491 g/mol. The molecule has 0 N–H and O–H groups in total. The van der Waals surface area contributed by atoms with Crippen LogP contribution in [-0.2, 0) is 38.8 Å². The highest BCUT2D eigenvalue weighted by Gasteiger charge is 2.47. The Hall–Kier alpha value is -3.50. The lowest BCUT2D eigenvalue weighted by Gasteiger charge is -2.41. The van der Waals surface area contributed by atoms with E-state index < -0.39 is 36.3 Å². The number of benzene rings is 3. The van der Waals surface area contributed by atoms with Crippen LogP contribution in [0.25, 0.3) is 0 Å². The van der Waals surface area contributed by atoms with E-state index in [0.717, 1.165) is 16.7 Å². The minimum Gasteiger partial charge on any atom is -0.471 e. The Morgan fingerprint density at radius 2 is 1.14 bits per heavy atom. The van der Waals surface area contributed by atoms with Gasteiger partial charge in [0.2, 0.25) is 0 Å². The fourth-order valence-corrected chi connectivity index (χ4v) is 4.00. The van der Waals surface area contributed by atoms with Gasteiger partial charge in [0.05, 0.1) is 19.8 Å². The van der Waals surface area contributed by atoms with Gasteiger partial charge in [-0.05, 0) is 23.6 Å². The first-order valence-corrected chi connectivity index (χ1v) is 11.8. The first-order valence-electron chi connectivity index (χ1n) is 11.8. The van der Waals surface area contributed by atoms with Crippen LogP contribution in [-0.4, -0.2) is 24.4 Å². The third kappa shape index (κ3) is 6.79. The normalized spacial score (nSPS) is 21.2. The average Bonchev–Trinajstić information content (AvgIpc) is 2.92. The van der Waals surface area contributed by atoms with E-state index in [4.69, 9.17) is 18.9 Å². The van der Waals surface area contributed by atoms with Gasteiger partial charge in [0, 0.05) is 0 Å². The number of hydrogen-bond donors (Lipinski definition) is 0. The molecule has 1 saturated heterocycles. The number of rotatable bonds is 9. The van der Waals surface area contributed by atoms with Crippen molar-refractivity contribution in [2.24, 2.45) is 0 Å². The van der Waals surface area contributed by atoms with Crippen LogP contribution in [0.15, 0.2) is 103 Å². The standard InChI is InChI=1S/C30H28F2O4/c1-2-12-25-26(33-19-22-13-6-3-7-14-22)27(34-20-23-15-8-4-9-16-23)28(29(36-25)30(31)32)35-21-24-17-10-5-11-18-24/h3-11,13-18,25-28H,19-21H2,1H3/t25-,26-,27+,28-/m1/s1. The second-order valence-electron chi connectivity index (χ2n) is 8.30. The zero-order valence-corrected chi connectivity index (χ0v) is 20.0. The lowest BCUT2D eigenvalue weighted by atomic mass is 9.97. The highest BCUT2D eigenvalue weighted by atomic mass is 19.3. The highest BCUT2D eigenvalue weighted by molar-refractivity contribution is 5.21. The highest BCUT2D eigenvalue weighted by Crippen LogP contribution is 2.34. The molecule has 0 radical (unpaired) electrons. The predicted molar refractivity (Wildman–Crippen MR) is 133 cm³/mol. The van der Waals surface area contributed by atoms with Crippen molar-refractivity contribution in [3.63, 3.8) is 0 Å². The Kier molecular flexibility index (Phi) is 9.23. The largest absolute Gasteiger partial charge is 0.471 e. The summed E-state index contributed by atoms with van der Waals surface area (Å²) in [5.74, 6) is 5.08. The molecule has 1 heterocycles. The quantitative estimate of drug-likeness (QED) is 0.331. The van der Waals surface area contributed by atoms with Gasteiger partial charge in [-0.3, -0.25) is 0 Å². The van der Waals surface area contributed by atoms with Crippen molar-refractivity contribution in [1.82, 2.24) is 0 Å². The first-order chi connectivity index (χ1) is 17.7. The maximum absolute atomic E-state index is 14.2. The molecular weight excluding hydrogens is 462 g/mol. The summed E-state index contributed by atoms with van der Waals surface area (Å²) in [7, 11) is 0. The molecule has 1 aliphatic rings. The van der Waals surface area contributed by atoms with Gasteiger partial charge in [-0.2, -0.15) is 8.78 Å². The van der Waals surface area contributed by atoms with Crippen LogP contribution in [0.3, 0.4) is 0 Å². The van der Waals surface area contributed by atoms with Crippen molar-refractivity contribution < 1.29 is 27.7 Å². The Balaban J connectivity index is 1.65. The summed E-state index contributed by atoms with van der Waals surface area (Å²) in [5.41, 5.74) is 2.68. The predicted octanol–water partition coefficient (Wildman–Crippen LogP) is 6.27. The van der Waals surface area contributed by atoms with E-state index in [0.29, 0.717) is 0 Å². The van der Waals surface area contributed by atoms with Crippen LogP contribution in [0.1, 0.15) is 23.6 Å². The number of ether oxygens (including phenoxy) is 4. The van der Waals surface area contributed by atoms with E-state index >= 15 is 0 Å². The van der Waals surface area contributed by atoms with Crippen LogP contribution in [0.2, 0.25) is 0 Å². The van der Waals surface area contributed by atoms with Gasteiger partial charge in [-0.1, -0.05) is 96.9 Å². The zero-order valence-electron chi connectivity index (χ0n) is 20.0. The maximum Gasteiger partial charge on any atom is 0.310 e.